The van der Waals surface area contributed by atoms with Gasteiger partial charge in [0.15, 0.2) is 0 Å². The second-order valence-corrected chi connectivity index (χ2v) is 7.96. The minimum absolute atomic E-state index is 0.0521. The van der Waals surface area contributed by atoms with Gasteiger partial charge < -0.3 is 14.7 Å². The highest BCUT2D eigenvalue weighted by molar-refractivity contribution is 5.35. The van der Waals surface area contributed by atoms with E-state index in [1.807, 2.05) is 19.1 Å². The van der Waals surface area contributed by atoms with Crippen LogP contribution in [0.25, 0.3) is 0 Å². The van der Waals surface area contributed by atoms with E-state index in [9.17, 15) is 5.11 Å². The van der Waals surface area contributed by atoms with E-state index in [1.54, 1.807) is 0 Å². The monoisotopic (exact) mass is 381 g/mol. The van der Waals surface area contributed by atoms with Crippen molar-refractivity contribution in [2.75, 3.05) is 26.2 Å². The second kappa shape index (κ2) is 10.1. The summed E-state index contributed by atoms with van der Waals surface area (Å²) in [5.74, 6) is 0.913. The Morgan fingerprint density at radius 2 is 1.68 bits per heavy atom. The summed E-state index contributed by atoms with van der Waals surface area (Å²) in [6.07, 6.45) is 5.37. The molecule has 2 atom stereocenters. The van der Waals surface area contributed by atoms with Gasteiger partial charge >= 0.3 is 0 Å². The molecule has 2 aromatic carbocycles. The molecule has 152 valence electrons. The summed E-state index contributed by atoms with van der Waals surface area (Å²) in [6.45, 7) is 8.01. The van der Waals surface area contributed by atoms with Crippen LogP contribution in [0, 0.1) is 0 Å². The molecule has 0 spiro atoms. The van der Waals surface area contributed by atoms with Crippen molar-refractivity contribution in [2.45, 2.75) is 57.5 Å². The Hall–Kier alpha value is -1.84. The predicted octanol–water partition coefficient (Wildman–Crippen LogP) is 5.34. The number of likely N-dealkylation sites (tertiary alicyclic amines) is 1. The van der Waals surface area contributed by atoms with Crippen LogP contribution in [0.3, 0.4) is 0 Å². The van der Waals surface area contributed by atoms with Crippen LogP contribution in [0.5, 0.6) is 5.75 Å². The normalized spacial score (nSPS) is 18.0. The van der Waals surface area contributed by atoms with E-state index in [2.05, 4.69) is 54.3 Å². The van der Waals surface area contributed by atoms with Gasteiger partial charge in [0.25, 0.3) is 0 Å². The molecule has 1 saturated heterocycles. The van der Waals surface area contributed by atoms with E-state index >= 15 is 0 Å². The number of benzene rings is 2. The van der Waals surface area contributed by atoms with Crippen LogP contribution in [0.4, 0.5) is 0 Å². The quantitative estimate of drug-likeness (QED) is 0.603. The van der Waals surface area contributed by atoms with Gasteiger partial charge in [-0.1, -0.05) is 62.2 Å². The van der Waals surface area contributed by atoms with E-state index in [4.69, 9.17) is 4.74 Å². The van der Waals surface area contributed by atoms with Crippen molar-refractivity contribution in [3.05, 3.63) is 65.7 Å². The smallest absolute Gasteiger partial charge is 0.119 e. The predicted molar refractivity (Wildman–Crippen MR) is 116 cm³/mol. The zero-order valence-corrected chi connectivity index (χ0v) is 17.4. The Bertz CT molecular complexity index is 694. The first kappa shape index (κ1) is 20.9. The summed E-state index contributed by atoms with van der Waals surface area (Å²) in [6, 6.07) is 18.7. The molecule has 1 fully saturated rings. The average Bonchev–Trinajstić information content (AvgIpc) is 3.25. The van der Waals surface area contributed by atoms with Crippen LogP contribution in [0.1, 0.15) is 63.0 Å². The van der Waals surface area contributed by atoms with E-state index in [1.165, 1.54) is 18.4 Å². The van der Waals surface area contributed by atoms with Crippen LogP contribution in [-0.4, -0.2) is 36.2 Å². The van der Waals surface area contributed by atoms with E-state index < -0.39 is 5.60 Å². The molecule has 1 N–H and O–H groups in total. The number of aliphatic hydroxyl groups is 1. The molecule has 1 heterocycles. The molecule has 0 bridgehead atoms. The van der Waals surface area contributed by atoms with Crippen LogP contribution in [0.15, 0.2) is 54.6 Å². The first-order valence-electron chi connectivity index (χ1n) is 10.9. The highest BCUT2D eigenvalue weighted by Gasteiger charge is 2.40. The Kier molecular flexibility index (Phi) is 7.52. The lowest BCUT2D eigenvalue weighted by Crippen LogP contribution is -2.40. The fraction of sp³-hybridized carbons (Fsp3) is 0.520. The molecule has 0 radical (unpaired) electrons. The lowest BCUT2D eigenvalue weighted by atomic mass is 9.74. The van der Waals surface area contributed by atoms with Crippen molar-refractivity contribution in [3.63, 3.8) is 0 Å². The number of hydrogen-bond donors (Lipinski definition) is 1. The Morgan fingerprint density at radius 3 is 2.29 bits per heavy atom. The van der Waals surface area contributed by atoms with E-state index in [0.29, 0.717) is 6.61 Å². The topological polar surface area (TPSA) is 32.7 Å². The van der Waals surface area contributed by atoms with E-state index in [0.717, 1.165) is 50.2 Å². The first-order valence-corrected chi connectivity index (χ1v) is 10.9. The maximum atomic E-state index is 12.1. The molecule has 2 unspecified atom stereocenters. The summed E-state index contributed by atoms with van der Waals surface area (Å²) < 4.78 is 5.62. The van der Waals surface area contributed by atoms with Crippen LogP contribution >= 0.6 is 0 Å². The summed E-state index contributed by atoms with van der Waals surface area (Å²) in [5, 5.41) is 12.1. The highest BCUT2D eigenvalue weighted by atomic mass is 16.5. The molecule has 0 saturated carbocycles. The third-order valence-corrected chi connectivity index (χ3v) is 5.99. The molecule has 3 nitrogen and oxygen atoms in total. The molecule has 1 aliphatic rings. The Morgan fingerprint density at radius 1 is 1.00 bits per heavy atom. The summed E-state index contributed by atoms with van der Waals surface area (Å²) in [7, 11) is 0. The summed E-state index contributed by atoms with van der Waals surface area (Å²) >= 11 is 0. The number of rotatable bonds is 10. The Balaban J connectivity index is 1.97. The summed E-state index contributed by atoms with van der Waals surface area (Å²) in [4.78, 5) is 2.52. The van der Waals surface area contributed by atoms with Gasteiger partial charge in [-0.25, -0.2) is 0 Å². The van der Waals surface area contributed by atoms with E-state index in [-0.39, 0.29) is 5.92 Å². The minimum Gasteiger partial charge on any atom is -0.494 e. The molecule has 0 aromatic heterocycles. The van der Waals surface area contributed by atoms with Crippen molar-refractivity contribution in [1.82, 2.24) is 4.90 Å². The van der Waals surface area contributed by atoms with Crippen molar-refractivity contribution in [2.24, 2.45) is 0 Å². The standard InChI is InChI=1S/C25H35NO2/c1-3-5-17-25(27,22-13-15-23(16-14-22)28-4-2)24(20-26-18-9-10-19-26)21-11-7-6-8-12-21/h6-8,11-16,24,27H,3-5,9-10,17-20H2,1-2H3. The van der Waals surface area contributed by atoms with Crippen LogP contribution in [-0.2, 0) is 5.60 Å². The molecule has 28 heavy (non-hydrogen) atoms. The van der Waals surface area contributed by atoms with Gasteiger partial charge in [-0.3, -0.25) is 0 Å². The van der Waals surface area contributed by atoms with Gasteiger partial charge in [-0.15, -0.1) is 0 Å². The molecule has 0 amide bonds. The largest absolute Gasteiger partial charge is 0.494 e. The summed E-state index contributed by atoms with van der Waals surface area (Å²) in [5.41, 5.74) is 1.34. The number of ether oxygens (including phenoxy) is 1. The highest BCUT2D eigenvalue weighted by Crippen LogP contribution is 2.42. The number of nitrogens with zero attached hydrogens (tertiary/aromatic N) is 1. The zero-order chi connectivity index (χ0) is 19.8. The fourth-order valence-corrected chi connectivity index (χ4v) is 4.41. The fourth-order valence-electron chi connectivity index (χ4n) is 4.41. The third kappa shape index (κ3) is 4.95. The van der Waals surface area contributed by atoms with Crippen molar-refractivity contribution in [1.29, 1.82) is 0 Å². The van der Waals surface area contributed by atoms with Crippen LogP contribution < -0.4 is 4.74 Å². The lowest BCUT2D eigenvalue weighted by Gasteiger charge is -2.39. The van der Waals surface area contributed by atoms with Gasteiger partial charge in [-0.2, -0.15) is 0 Å². The minimum atomic E-state index is -0.884. The van der Waals surface area contributed by atoms with Crippen molar-refractivity contribution in [3.8, 4) is 5.75 Å². The Labute approximate surface area is 170 Å². The van der Waals surface area contributed by atoms with Crippen LogP contribution in [0.2, 0.25) is 0 Å². The van der Waals surface area contributed by atoms with Gasteiger partial charge in [0.05, 0.1) is 12.2 Å². The molecule has 2 aromatic rings. The molecular formula is C25H35NO2. The first-order chi connectivity index (χ1) is 13.7. The maximum absolute atomic E-state index is 12.1. The number of unbranched alkanes of at least 4 members (excludes halogenated alkanes) is 1. The number of hydrogen-bond acceptors (Lipinski definition) is 3. The zero-order valence-electron chi connectivity index (χ0n) is 17.4. The SMILES string of the molecule is CCCCC(O)(c1ccc(OCC)cc1)C(CN1CCCC1)c1ccccc1. The van der Waals surface area contributed by atoms with Gasteiger partial charge in [-0.05, 0) is 62.5 Å². The van der Waals surface area contributed by atoms with Gasteiger partial charge in [0, 0.05) is 12.5 Å². The molecule has 1 aliphatic heterocycles. The molecule has 0 aliphatic carbocycles. The lowest BCUT2D eigenvalue weighted by molar-refractivity contribution is -0.0130. The molecule has 3 heteroatoms. The average molecular weight is 382 g/mol. The molecular weight excluding hydrogens is 346 g/mol. The maximum Gasteiger partial charge on any atom is 0.119 e. The third-order valence-electron chi connectivity index (χ3n) is 5.99. The van der Waals surface area contributed by atoms with Gasteiger partial charge in [0.2, 0.25) is 0 Å². The van der Waals surface area contributed by atoms with Crippen molar-refractivity contribution < 1.29 is 9.84 Å². The van der Waals surface area contributed by atoms with Gasteiger partial charge in [0.1, 0.15) is 5.75 Å². The molecule has 3 rings (SSSR count). The second-order valence-electron chi connectivity index (χ2n) is 7.96. The van der Waals surface area contributed by atoms with Crippen molar-refractivity contribution >= 4 is 0 Å².